The fraction of sp³-hybridized carbons (Fsp3) is 0. The molecule has 0 fully saturated rings. The van der Waals surface area contributed by atoms with Crippen molar-refractivity contribution in [2.24, 2.45) is 0 Å². The van der Waals surface area contributed by atoms with Crippen molar-refractivity contribution in [1.29, 1.82) is 0 Å². The van der Waals surface area contributed by atoms with E-state index in [2.05, 4.69) is 4.98 Å². The highest BCUT2D eigenvalue weighted by Gasteiger charge is 2.15. The van der Waals surface area contributed by atoms with Gasteiger partial charge in [0.2, 0.25) is 0 Å². The van der Waals surface area contributed by atoms with Gasteiger partial charge in [0, 0.05) is 5.38 Å². The van der Waals surface area contributed by atoms with Gasteiger partial charge in [0.1, 0.15) is 5.69 Å². The average Bonchev–Trinajstić information content (AvgIpc) is 2.34. The largest absolute Gasteiger partial charge is 0.375 e. The van der Waals surface area contributed by atoms with Crippen molar-refractivity contribution < 1.29 is 9.59 Å². The van der Waals surface area contributed by atoms with E-state index in [9.17, 15) is 9.59 Å². The molecule has 5 nitrogen and oxygen atoms in total. The average molecular weight is 170 g/mol. The summed E-state index contributed by atoms with van der Waals surface area (Å²) in [4.78, 5) is 24.4. The second-order valence-electron chi connectivity index (χ2n) is 1.73. The lowest BCUT2D eigenvalue weighted by atomic mass is 10.3. The number of rotatable bonds is 2. The summed E-state index contributed by atoms with van der Waals surface area (Å²) < 4.78 is 0. The number of nitrogen functional groups attached to an aromatic ring is 1. The monoisotopic (exact) mass is 170 g/mol. The first-order valence-electron chi connectivity index (χ1n) is 2.62. The van der Waals surface area contributed by atoms with Crippen LogP contribution in [0.4, 0.5) is 5.13 Å². The lowest BCUT2D eigenvalue weighted by molar-refractivity contribution is -0.114. The molecule has 0 aromatic carbocycles. The maximum atomic E-state index is 10.7. The summed E-state index contributed by atoms with van der Waals surface area (Å²) >= 11 is 1.06. The molecule has 0 unspecified atom stereocenters. The Hall–Kier alpha value is -1.43. The maximum Gasteiger partial charge on any atom is 0.312 e. The van der Waals surface area contributed by atoms with Crippen molar-refractivity contribution in [1.82, 2.24) is 10.7 Å². The molecule has 1 rings (SSSR count). The molecule has 1 aromatic heterocycles. The quantitative estimate of drug-likeness (QED) is 0.487. The van der Waals surface area contributed by atoms with E-state index in [-0.39, 0.29) is 10.8 Å². The number of anilines is 1. The van der Waals surface area contributed by atoms with Crippen molar-refractivity contribution in [3.8, 4) is 0 Å². The Kier molecular flexibility index (Phi) is 1.86. The molecule has 1 radical (unpaired) electrons. The Bertz CT molecular complexity index is 306. The van der Waals surface area contributed by atoms with E-state index >= 15 is 0 Å². The molecule has 0 bridgehead atoms. The Labute approximate surface area is 66.0 Å². The zero-order chi connectivity index (χ0) is 8.43. The summed E-state index contributed by atoms with van der Waals surface area (Å²) in [7, 11) is 0. The number of amides is 1. The molecule has 0 aliphatic heterocycles. The third kappa shape index (κ3) is 1.53. The second kappa shape index (κ2) is 2.67. The predicted octanol–water partition coefficient (Wildman–Crippen LogP) is -0.282. The first kappa shape index (κ1) is 7.67. The molecule has 6 heteroatoms. The summed E-state index contributed by atoms with van der Waals surface area (Å²) in [6, 6.07) is 0. The maximum absolute atomic E-state index is 10.7. The van der Waals surface area contributed by atoms with Gasteiger partial charge in [-0.25, -0.2) is 4.98 Å². The van der Waals surface area contributed by atoms with Crippen LogP contribution in [0.25, 0.3) is 0 Å². The van der Waals surface area contributed by atoms with E-state index in [0.717, 1.165) is 11.3 Å². The highest BCUT2D eigenvalue weighted by Crippen LogP contribution is 2.10. The summed E-state index contributed by atoms with van der Waals surface area (Å²) in [5.74, 6) is -2.19. The SMILES string of the molecule is [NH]C(=O)C(=O)c1csc(N)n1. The van der Waals surface area contributed by atoms with E-state index in [4.69, 9.17) is 11.5 Å². The van der Waals surface area contributed by atoms with Crippen molar-refractivity contribution in [3.63, 3.8) is 0 Å². The Morgan fingerprint density at radius 2 is 2.27 bits per heavy atom. The number of ketones is 1. The molecular weight excluding hydrogens is 166 g/mol. The fourth-order valence-electron chi connectivity index (χ4n) is 0.508. The van der Waals surface area contributed by atoms with E-state index < -0.39 is 11.7 Å². The van der Waals surface area contributed by atoms with Crippen LogP contribution in [0.3, 0.4) is 0 Å². The van der Waals surface area contributed by atoms with Crippen LogP contribution in [0.2, 0.25) is 0 Å². The molecule has 0 aliphatic carbocycles. The predicted molar refractivity (Wildman–Crippen MR) is 39.0 cm³/mol. The van der Waals surface area contributed by atoms with Crippen LogP contribution in [-0.2, 0) is 4.79 Å². The van der Waals surface area contributed by atoms with Gasteiger partial charge in [0.25, 0.3) is 5.78 Å². The number of hydrogen-bond donors (Lipinski definition) is 1. The van der Waals surface area contributed by atoms with Crippen molar-refractivity contribution in [2.75, 3.05) is 5.73 Å². The molecule has 0 aliphatic rings. The lowest BCUT2D eigenvalue weighted by Gasteiger charge is -1.84. The van der Waals surface area contributed by atoms with Gasteiger partial charge < -0.3 is 5.73 Å². The van der Waals surface area contributed by atoms with Gasteiger partial charge in [-0.15, -0.1) is 11.3 Å². The number of carbonyl (C=O) groups excluding carboxylic acids is 2. The van der Waals surface area contributed by atoms with E-state index in [0.29, 0.717) is 0 Å². The van der Waals surface area contributed by atoms with Crippen LogP contribution >= 0.6 is 11.3 Å². The number of nitrogens with one attached hydrogen (secondary N) is 1. The van der Waals surface area contributed by atoms with Gasteiger partial charge >= 0.3 is 5.91 Å². The smallest absolute Gasteiger partial charge is 0.312 e. The van der Waals surface area contributed by atoms with Crippen molar-refractivity contribution in [2.45, 2.75) is 0 Å². The molecule has 0 saturated carbocycles. The van der Waals surface area contributed by atoms with E-state index in [1.807, 2.05) is 0 Å². The minimum Gasteiger partial charge on any atom is -0.375 e. The second-order valence-corrected chi connectivity index (χ2v) is 2.62. The molecule has 1 aromatic rings. The summed E-state index contributed by atoms with van der Waals surface area (Å²) in [6.45, 7) is 0. The number of nitrogens with two attached hydrogens (primary N) is 1. The van der Waals surface area contributed by atoms with Gasteiger partial charge in [-0.05, 0) is 0 Å². The number of thiazole rings is 1. The highest BCUT2D eigenvalue weighted by molar-refractivity contribution is 7.13. The van der Waals surface area contributed by atoms with Crippen LogP contribution in [0.15, 0.2) is 5.38 Å². The number of carbonyl (C=O) groups is 2. The third-order valence-electron chi connectivity index (χ3n) is 0.961. The minimum atomic E-state index is -1.27. The molecule has 0 spiro atoms. The first-order chi connectivity index (χ1) is 5.11. The van der Waals surface area contributed by atoms with Gasteiger partial charge in [-0.2, -0.15) is 0 Å². The summed E-state index contributed by atoms with van der Waals surface area (Å²) in [5.41, 5.74) is 11.6. The molecule has 0 atom stereocenters. The van der Waals surface area contributed by atoms with Gasteiger partial charge in [-0.3, -0.25) is 15.3 Å². The molecule has 11 heavy (non-hydrogen) atoms. The van der Waals surface area contributed by atoms with Crippen molar-refractivity contribution >= 4 is 28.2 Å². The Balaban J connectivity index is 2.94. The molecule has 57 valence electrons. The van der Waals surface area contributed by atoms with Crippen LogP contribution in [0.5, 0.6) is 0 Å². The molecule has 1 amide bonds. The van der Waals surface area contributed by atoms with E-state index in [1.54, 1.807) is 0 Å². The minimum absolute atomic E-state index is 0.0486. The molecule has 0 saturated heterocycles. The molecule has 3 N–H and O–H groups in total. The number of Topliss-reactive ketones (excluding diaryl/α,β-unsaturated/α-hetero) is 1. The van der Waals surface area contributed by atoms with Crippen LogP contribution in [-0.4, -0.2) is 16.7 Å². The van der Waals surface area contributed by atoms with E-state index in [1.165, 1.54) is 5.38 Å². The summed E-state index contributed by atoms with van der Waals surface area (Å²) in [5, 5.41) is 1.57. The van der Waals surface area contributed by atoms with Gasteiger partial charge in [0.05, 0.1) is 0 Å². The Morgan fingerprint density at radius 3 is 2.64 bits per heavy atom. The zero-order valence-corrected chi connectivity index (χ0v) is 6.14. The molecular formula is C5H4N3O2S. The Morgan fingerprint density at radius 1 is 1.64 bits per heavy atom. The number of aromatic nitrogens is 1. The number of hydrogen-bond acceptors (Lipinski definition) is 5. The van der Waals surface area contributed by atoms with Crippen molar-refractivity contribution in [3.05, 3.63) is 11.1 Å². The van der Waals surface area contributed by atoms with Gasteiger partial charge in [-0.1, -0.05) is 0 Å². The normalized spacial score (nSPS) is 9.45. The number of nitrogens with zero attached hydrogens (tertiary/aromatic N) is 1. The lowest BCUT2D eigenvalue weighted by Crippen LogP contribution is -2.14. The topological polar surface area (TPSA) is 96.9 Å². The van der Waals surface area contributed by atoms with Crippen LogP contribution in [0, 0.1) is 0 Å². The summed E-state index contributed by atoms with van der Waals surface area (Å²) in [6.07, 6.45) is 0. The first-order valence-corrected chi connectivity index (χ1v) is 3.50. The third-order valence-corrected chi connectivity index (χ3v) is 1.63. The fourth-order valence-corrected chi connectivity index (χ4v) is 1.05. The van der Waals surface area contributed by atoms with Crippen LogP contribution < -0.4 is 11.5 Å². The van der Waals surface area contributed by atoms with Crippen LogP contribution in [0.1, 0.15) is 10.5 Å². The molecule has 1 heterocycles. The van der Waals surface area contributed by atoms with Gasteiger partial charge in [0.15, 0.2) is 5.13 Å². The highest BCUT2D eigenvalue weighted by atomic mass is 32.1. The standard InChI is InChI=1S/C5H4N3O2S/c6-4(10)3(9)2-1-11-5(7)8-2/h1,6H,(H2,7,8). The zero-order valence-electron chi connectivity index (χ0n) is 5.33.